The van der Waals surface area contributed by atoms with Gasteiger partial charge in [0, 0.05) is 23.3 Å². The van der Waals surface area contributed by atoms with Crippen LogP contribution in [-0.4, -0.2) is 26.4 Å². The van der Waals surface area contributed by atoms with Gasteiger partial charge in [0.25, 0.3) is 15.9 Å². The second-order valence-electron chi connectivity index (χ2n) is 6.15. The Morgan fingerprint density at radius 3 is 2.21 bits per heavy atom. The molecule has 0 unspecified atom stereocenters. The van der Waals surface area contributed by atoms with Crippen LogP contribution in [0, 0.1) is 6.92 Å². The Morgan fingerprint density at radius 1 is 1.00 bits per heavy atom. The molecule has 0 saturated heterocycles. The van der Waals surface area contributed by atoms with Crippen LogP contribution in [0.4, 0.5) is 11.5 Å². The lowest BCUT2D eigenvalue weighted by atomic mass is 10.2. The first kappa shape index (κ1) is 20.0. The third-order valence-electron chi connectivity index (χ3n) is 4.14. The number of pyridine rings is 1. The number of aromatic nitrogens is 1. The van der Waals surface area contributed by atoms with Gasteiger partial charge in [0.1, 0.15) is 5.82 Å². The Labute approximate surface area is 172 Å². The molecule has 0 radical (unpaired) electrons. The lowest BCUT2D eigenvalue weighted by Gasteiger charge is -2.20. The van der Waals surface area contributed by atoms with E-state index in [1.54, 1.807) is 66.9 Å². The molecule has 8 heteroatoms. The highest BCUT2D eigenvalue weighted by Gasteiger charge is 2.21. The third kappa shape index (κ3) is 4.40. The first-order valence-corrected chi connectivity index (χ1v) is 10.6. The number of aryl methyl sites for hydroxylation is 1. The molecule has 2 aromatic carbocycles. The Kier molecular flexibility index (Phi) is 5.81. The summed E-state index contributed by atoms with van der Waals surface area (Å²) < 4.78 is 27.5. The largest absolute Gasteiger partial charge is 0.307 e. The number of anilines is 2. The number of sulfonamides is 1. The van der Waals surface area contributed by atoms with E-state index in [0.29, 0.717) is 17.1 Å². The fourth-order valence-corrected chi connectivity index (χ4v) is 3.90. The summed E-state index contributed by atoms with van der Waals surface area (Å²) >= 11 is 3.29. The molecule has 1 N–H and O–H groups in total. The molecule has 0 spiro atoms. The van der Waals surface area contributed by atoms with Gasteiger partial charge in [-0.25, -0.2) is 13.4 Å². The van der Waals surface area contributed by atoms with Gasteiger partial charge >= 0.3 is 0 Å². The highest BCUT2D eigenvalue weighted by molar-refractivity contribution is 9.10. The topological polar surface area (TPSA) is 79.4 Å². The van der Waals surface area contributed by atoms with Crippen molar-refractivity contribution in [3.05, 3.63) is 82.5 Å². The smallest absolute Gasteiger partial charge is 0.264 e. The second kappa shape index (κ2) is 8.12. The number of nitrogens with zero attached hydrogens (tertiary/aromatic N) is 2. The van der Waals surface area contributed by atoms with Crippen LogP contribution in [0.1, 0.15) is 15.9 Å². The third-order valence-corrected chi connectivity index (χ3v) is 6.41. The second-order valence-corrected chi connectivity index (χ2v) is 9.03. The maximum Gasteiger partial charge on any atom is 0.264 e. The van der Waals surface area contributed by atoms with Crippen molar-refractivity contribution < 1.29 is 13.2 Å². The Balaban J connectivity index is 1.76. The molecular formula is C20H18BrN3O3S. The number of amides is 1. The first-order valence-electron chi connectivity index (χ1n) is 8.36. The summed E-state index contributed by atoms with van der Waals surface area (Å²) in [7, 11) is -2.19. The van der Waals surface area contributed by atoms with E-state index in [0.717, 1.165) is 10.0 Å². The van der Waals surface area contributed by atoms with Crippen molar-refractivity contribution in [1.29, 1.82) is 0 Å². The molecule has 28 heavy (non-hydrogen) atoms. The molecular weight excluding hydrogens is 442 g/mol. The number of nitrogens with one attached hydrogen (secondary N) is 1. The molecule has 0 aliphatic carbocycles. The number of carbonyl (C=O) groups is 1. The van der Waals surface area contributed by atoms with Crippen molar-refractivity contribution in [2.45, 2.75) is 11.8 Å². The van der Waals surface area contributed by atoms with E-state index in [4.69, 9.17) is 0 Å². The van der Waals surface area contributed by atoms with E-state index in [2.05, 4.69) is 26.2 Å². The molecule has 1 amide bonds. The lowest BCUT2D eigenvalue weighted by molar-refractivity contribution is 0.102. The van der Waals surface area contributed by atoms with Gasteiger partial charge in [0.2, 0.25) is 0 Å². The van der Waals surface area contributed by atoms with Crippen molar-refractivity contribution in [3.8, 4) is 0 Å². The van der Waals surface area contributed by atoms with Crippen molar-refractivity contribution in [3.63, 3.8) is 0 Å². The molecule has 0 aliphatic heterocycles. The summed E-state index contributed by atoms with van der Waals surface area (Å²) in [6, 6.07) is 16.5. The van der Waals surface area contributed by atoms with Crippen LogP contribution in [0.25, 0.3) is 0 Å². The fraction of sp³-hybridized carbons (Fsp3) is 0.100. The lowest BCUT2D eigenvalue weighted by Crippen LogP contribution is -2.26. The molecule has 0 aliphatic rings. The van der Waals surface area contributed by atoms with Crippen LogP contribution < -0.4 is 9.62 Å². The van der Waals surface area contributed by atoms with Crippen molar-refractivity contribution in [1.82, 2.24) is 4.98 Å². The van der Waals surface area contributed by atoms with Gasteiger partial charge in [-0.05, 0) is 71.4 Å². The van der Waals surface area contributed by atoms with Gasteiger partial charge in [0.05, 0.1) is 10.6 Å². The van der Waals surface area contributed by atoms with Crippen LogP contribution in [0.5, 0.6) is 0 Å². The average molecular weight is 460 g/mol. The predicted molar refractivity (Wildman–Crippen MR) is 113 cm³/mol. The molecule has 0 bridgehead atoms. The summed E-state index contributed by atoms with van der Waals surface area (Å²) in [6.45, 7) is 1.90. The van der Waals surface area contributed by atoms with E-state index < -0.39 is 10.0 Å². The molecule has 0 fully saturated rings. The zero-order valence-electron chi connectivity index (χ0n) is 15.3. The van der Waals surface area contributed by atoms with Crippen LogP contribution in [0.15, 0.2) is 76.2 Å². The number of hydrogen-bond acceptors (Lipinski definition) is 4. The van der Waals surface area contributed by atoms with Crippen molar-refractivity contribution in [2.75, 3.05) is 16.7 Å². The maximum absolute atomic E-state index is 12.8. The molecule has 0 atom stereocenters. The summed E-state index contributed by atoms with van der Waals surface area (Å²) in [5.74, 6) is 0.0989. The van der Waals surface area contributed by atoms with Crippen LogP contribution >= 0.6 is 15.9 Å². The molecule has 1 aromatic heterocycles. The molecule has 0 saturated carbocycles. The van der Waals surface area contributed by atoms with E-state index >= 15 is 0 Å². The number of halogens is 1. The molecule has 3 aromatic rings. The Bertz CT molecular complexity index is 1080. The number of rotatable bonds is 5. The average Bonchev–Trinajstić information content (AvgIpc) is 2.69. The molecule has 3 rings (SSSR count). The summed E-state index contributed by atoms with van der Waals surface area (Å²) in [6.07, 6.45) is 1.59. The summed E-state index contributed by atoms with van der Waals surface area (Å²) in [5, 5.41) is 2.69. The zero-order valence-corrected chi connectivity index (χ0v) is 17.7. The standard InChI is InChI=1S/C20H18BrN3O3S/c1-14-3-10-18(11-4-14)28(26,27)24(2)17-8-5-15(6-9-17)20(25)23-19-12-7-16(21)13-22-19/h3-13H,1-2H3,(H,22,23,25). The highest BCUT2D eigenvalue weighted by Crippen LogP contribution is 2.23. The quantitative estimate of drug-likeness (QED) is 0.618. The maximum atomic E-state index is 12.8. The zero-order chi connectivity index (χ0) is 20.3. The first-order chi connectivity index (χ1) is 13.3. The van der Waals surface area contributed by atoms with Gasteiger partial charge in [-0.15, -0.1) is 0 Å². The highest BCUT2D eigenvalue weighted by atomic mass is 79.9. The van der Waals surface area contributed by atoms with E-state index in [9.17, 15) is 13.2 Å². The summed E-state index contributed by atoms with van der Waals surface area (Å²) in [5.41, 5.74) is 1.84. The van der Waals surface area contributed by atoms with E-state index in [-0.39, 0.29) is 10.8 Å². The van der Waals surface area contributed by atoms with Crippen LogP contribution in [0.3, 0.4) is 0 Å². The Hall–Kier alpha value is -2.71. The van der Waals surface area contributed by atoms with E-state index in [1.807, 2.05) is 6.92 Å². The van der Waals surface area contributed by atoms with Crippen LogP contribution in [-0.2, 0) is 10.0 Å². The monoisotopic (exact) mass is 459 g/mol. The number of benzene rings is 2. The molecule has 1 heterocycles. The van der Waals surface area contributed by atoms with Crippen LogP contribution in [0.2, 0.25) is 0 Å². The minimum Gasteiger partial charge on any atom is -0.307 e. The summed E-state index contributed by atoms with van der Waals surface area (Å²) in [4.78, 5) is 16.6. The van der Waals surface area contributed by atoms with Crippen molar-refractivity contribution >= 4 is 43.4 Å². The molecule has 6 nitrogen and oxygen atoms in total. The van der Waals surface area contributed by atoms with Gasteiger partial charge in [0.15, 0.2) is 0 Å². The van der Waals surface area contributed by atoms with Gasteiger partial charge in [-0.1, -0.05) is 17.7 Å². The van der Waals surface area contributed by atoms with Crippen molar-refractivity contribution in [2.24, 2.45) is 0 Å². The van der Waals surface area contributed by atoms with Gasteiger partial charge in [-0.3, -0.25) is 9.10 Å². The minimum absolute atomic E-state index is 0.212. The number of carbonyl (C=O) groups excluding carboxylic acids is 1. The number of hydrogen-bond donors (Lipinski definition) is 1. The van der Waals surface area contributed by atoms with E-state index in [1.165, 1.54) is 11.4 Å². The fourth-order valence-electron chi connectivity index (χ4n) is 2.47. The predicted octanol–water partition coefficient (Wildman–Crippen LogP) is 4.23. The SMILES string of the molecule is Cc1ccc(S(=O)(=O)N(C)c2ccc(C(=O)Nc3ccc(Br)cn3)cc2)cc1. The Morgan fingerprint density at radius 2 is 1.64 bits per heavy atom. The van der Waals surface area contributed by atoms with Gasteiger partial charge < -0.3 is 5.32 Å². The molecule has 144 valence electrons. The normalized spacial score (nSPS) is 11.1. The minimum atomic E-state index is -3.68. The van der Waals surface area contributed by atoms with Gasteiger partial charge in [-0.2, -0.15) is 0 Å².